The second-order valence-corrected chi connectivity index (χ2v) is 3.68. The Morgan fingerprint density at radius 2 is 0.846 bits per heavy atom. The van der Waals surface area contributed by atoms with Gasteiger partial charge in [0.2, 0.25) is 0 Å². The van der Waals surface area contributed by atoms with Crippen molar-refractivity contribution >= 4 is 5.97 Å². The maximum atomic E-state index is 11.8. The molecule has 0 heterocycles. The van der Waals surface area contributed by atoms with Gasteiger partial charge in [-0.2, -0.15) is 30.7 Å². The SMILES string of the molecule is NCCN.NCCN.NCCN.O=C(O)C(F)(F)C(F)(F)C(F)(F)F.[Co]. The van der Waals surface area contributed by atoms with Crippen molar-refractivity contribution in [2.24, 2.45) is 34.4 Å². The Hall–Kier alpha value is -0.754. The minimum atomic E-state index is -6.60. The van der Waals surface area contributed by atoms with E-state index in [-0.39, 0.29) is 16.8 Å². The zero-order valence-electron chi connectivity index (χ0n) is 13.5. The van der Waals surface area contributed by atoms with E-state index in [1.54, 1.807) is 0 Å². The molecule has 0 bridgehead atoms. The maximum absolute atomic E-state index is 11.8. The Morgan fingerprint density at radius 1 is 0.654 bits per heavy atom. The summed E-state index contributed by atoms with van der Waals surface area (Å²) in [4.78, 5) is 9.38. The van der Waals surface area contributed by atoms with Crippen LogP contribution in [0.4, 0.5) is 30.7 Å². The molecule has 0 aliphatic rings. The van der Waals surface area contributed by atoms with Gasteiger partial charge in [-0.15, -0.1) is 0 Å². The van der Waals surface area contributed by atoms with Crippen LogP contribution in [0.1, 0.15) is 0 Å². The van der Waals surface area contributed by atoms with Crippen molar-refractivity contribution in [1.29, 1.82) is 0 Å². The average molecular weight is 453 g/mol. The number of nitrogens with two attached hydrogens (primary N) is 6. The van der Waals surface area contributed by atoms with Crippen LogP contribution >= 0.6 is 0 Å². The molecule has 0 aliphatic carbocycles. The number of hydrogen-bond donors (Lipinski definition) is 7. The third kappa shape index (κ3) is 16.7. The van der Waals surface area contributed by atoms with Crippen LogP contribution in [0.5, 0.6) is 0 Å². The van der Waals surface area contributed by atoms with E-state index in [1.165, 1.54) is 0 Å². The molecule has 8 nitrogen and oxygen atoms in total. The molecule has 16 heteroatoms. The molecule has 0 spiro atoms. The summed E-state index contributed by atoms with van der Waals surface area (Å²) in [6.07, 6.45) is -6.60. The van der Waals surface area contributed by atoms with Crippen molar-refractivity contribution in [3.05, 3.63) is 0 Å². The van der Waals surface area contributed by atoms with Gasteiger partial charge in [-0.1, -0.05) is 0 Å². The van der Waals surface area contributed by atoms with E-state index in [9.17, 15) is 35.5 Å². The molecule has 165 valence electrons. The summed E-state index contributed by atoms with van der Waals surface area (Å²) in [6.45, 7) is 3.58. The molecule has 0 atom stereocenters. The second kappa shape index (κ2) is 19.0. The summed E-state index contributed by atoms with van der Waals surface area (Å²) in [5.74, 6) is -16.3. The molecule has 0 rings (SSSR count). The van der Waals surface area contributed by atoms with Crippen LogP contribution in [-0.4, -0.2) is 68.4 Å². The first-order valence-corrected chi connectivity index (χ1v) is 6.45. The molecule has 0 aromatic carbocycles. The normalized spacial score (nSPS) is 10.7. The first-order chi connectivity index (χ1) is 11.2. The molecule has 0 unspecified atom stereocenters. The van der Waals surface area contributed by atoms with E-state index < -0.39 is 24.0 Å². The molecule has 0 fully saturated rings. The van der Waals surface area contributed by atoms with Gasteiger partial charge in [0.05, 0.1) is 0 Å². The molecule has 13 N–H and O–H groups in total. The van der Waals surface area contributed by atoms with Gasteiger partial charge in [0, 0.05) is 56.0 Å². The molecule has 0 amide bonds. The minimum Gasteiger partial charge on any atom is -0.477 e. The van der Waals surface area contributed by atoms with Crippen LogP contribution in [0.2, 0.25) is 0 Å². The molecule has 0 saturated carbocycles. The summed E-state index contributed by atoms with van der Waals surface area (Å²) in [6, 6.07) is 0. The zero-order chi connectivity index (χ0) is 21.3. The van der Waals surface area contributed by atoms with Crippen LogP contribution in [0.15, 0.2) is 0 Å². The third-order valence-electron chi connectivity index (χ3n) is 1.52. The second-order valence-electron chi connectivity index (χ2n) is 3.68. The van der Waals surface area contributed by atoms with Gasteiger partial charge < -0.3 is 39.5 Å². The Balaban J connectivity index is -0.0000000933. The van der Waals surface area contributed by atoms with Gasteiger partial charge in [0.15, 0.2) is 0 Å². The van der Waals surface area contributed by atoms with Crippen LogP contribution < -0.4 is 34.4 Å². The van der Waals surface area contributed by atoms with Gasteiger partial charge in [-0.25, -0.2) is 4.79 Å². The van der Waals surface area contributed by atoms with Gasteiger partial charge in [-0.05, 0) is 0 Å². The fourth-order valence-corrected chi connectivity index (χ4v) is 0.312. The predicted octanol–water partition coefficient (Wildman–Crippen LogP) is -1.39. The summed E-state index contributed by atoms with van der Waals surface area (Å²) >= 11 is 0. The molecule has 0 saturated heterocycles. The van der Waals surface area contributed by atoms with Crippen molar-refractivity contribution in [1.82, 2.24) is 0 Å². The first-order valence-electron chi connectivity index (χ1n) is 6.45. The molecule has 0 aromatic rings. The van der Waals surface area contributed by atoms with E-state index >= 15 is 0 Å². The minimum absolute atomic E-state index is 0. The van der Waals surface area contributed by atoms with E-state index in [0.29, 0.717) is 39.3 Å². The number of carboxylic acid groups (broad SMARTS) is 1. The number of aliphatic carboxylic acids is 1. The van der Waals surface area contributed by atoms with E-state index in [0.717, 1.165) is 0 Å². The van der Waals surface area contributed by atoms with Crippen LogP contribution in [0.25, 0.3) is 0 Å². The van der Waals surface area contributed by atoms with E-state index in [2.05, 4.69) is 0 Å². The molecule has 26 heavy (non-hydrogen) atoms. The van der Waals surface area contributed by atoms with Crippen molar-refractivity contribution < 1.29 is 57.4 Å². The number of hydrogen-bond acceptors (Lipinski definition) is 7. The Bertz CT molecular complexity index is 309. The van der Waals surface area contributed by atoms with Crippen LogP contribution in [0, 0.1) is 0 Å². The summed E-state index contributed by atoms with van der Waals surface area (Å²) in [5.41, 5.74) is 29.4. The van der Waals surface area contributed by atoms with Gasteiger partial charge >= 0.3 is 24.0 Å². The molecular formula is C10H25CoF7N6O2. The van der Waals surface area contributed by atoms with Gasteiger partial charge in [0.1, 0.15) is 0 Å². The first kappa shape index (κ1) is 36.2. The fraction of sp³-hybridized carbons (Fsp3) is 0.900. The van der Waals surface area contributed by atoms with Crippen molar-refractivity contribution in [3.63, 3.8) is 0 Å². The monoisotopic (exact) mass is 453 g/mol. The molecule has 1 radical (unpaired) electrons. The van der Waals surface area contributed by atoms with E-state index in [1.807, 2.05) is 0 Å². The molecular weight excluding hydrogens is 428 g/mol. The number of rotatable bonds is 5. The van der Waals surface area contributed by atoms with Crippen LogP contribution in [-0.2, 0) is 21.6 Å². The van der Waals surface area contributed by atoms with E-state index in [4.69, 9.17) is 39.5 Å². The third-order valence-corrected chi connectivity index (χ3v) is 1.52. The van der Waals surface area contributed by atoms with Crippen molar-refractivity contribution in [2.75, 3.05) is 39.3 Å². The quantitative estimate of drug-likeness (QED) is 0.247. The largest absolute Gasteiger partial charge is 0.477 e. The van der Waals surface area contributed by atoms with Crippen LogP contribution in [0.3, 0.4) is 0 Å². The smallest absolute Gasteiger partial charge is 0.460 e. The Morgan fingerprint density at radius 3 is 0.885 bits per heavy atom. The summed E-state index contributed by atoms with van der Waals surface area (Å²) in [5, 5.41) is 7.41. The van der Waals surface area contributed by atoms with Crippen molar-refractivity contribution in [2.45, 2.75) is 18.0 Å². The maximum Gasteiger partial charge on any atom is 0.460 e. The van der Waals surface area contributed by atoms with Gasteiger partial charge in [-0.3, -0.25) is 0 Å². The molecule has 0 aromatic heterocycles. The number of alkyl halides is 7. The number of halogens is 7. The average Bonchev–Trinajstić information content (AvgIpc) is 2.54. The summed E-state index contributed by atoms with van der Waals surface area (Å²) < 4.78 is 80.5. The topological polar surface area (TPSA) is 193 Å². The molecule has 0 aliphatic heterocycles. The zero-order valence-corrected chi connectivity index (χ0v) is 14.6. The predicted molar refractivity (Wildman–Crippen MR) is 77.9 cm³/mol. The number of carbonyl (C=O) groups is 1. The van der Waals surface area contributed by atoms with Gasteiger partial charge in [0.25, 0.3) is 0 Å². The summed E-state index contributed by atoms with van der Waals surface area (Å²) in [7, 11) is 0. The van der Waals surface area contributed by atoms with Crippen molar-refractivity contribution in [3.8, 4) is 0 Å². The Kier molecular flexibility index (Phi) is 26.5. The number of carboxylic acids is 1. The fourth-order valence-electron chi connectivity index (χ4n) is 0.312. The Labute approximate surface area is 156 Å². The standard InChI is InChI=1S/C4HF7O2.3C2H8N2.Co/c5-2(6,1(12)13)3(7,8)4(9,10)11;3*3-1-2-4;/h(H,12,13);3*1-4H2;.